The molecule has 0 radical (unpaired) electrons. The summed E-state index contributed by atoms with van der Waals surface area (Å²) in [6, 6.07) is 20.1. The summed E-state index contributed by atoms with van der Waals surface area (Å²) < 4.78 is 3.32. The number of rotatable bonds is 5. The standard InChI is InChI=1S/C25H22ClN3O3/c26-19-6-11-22-23(15-19)29(21-9-7-20(8-10-21)27-12-1-2-13-27)25(32)28(22)16-17-4-3-5-18(14-17)24(30)31/h3-11,14-15H,1-2,12-13,16H2,(H,30,31). The number of aromatic nitrogens is 2. The van der Waals surface area contributed by atoms with Gasteiger partial charge in [0, 0.05) is 23.8 Å². The van der Waals surface area contributed by atoms with Gasteiger partial charge in [-0.05, 0) is 73.0 Å². The van der Waals surface area contributed by atoms with E-state index in [1.807, 2.05) is 24.3 Å². The van der Waals surface area contributed by atoms with Gasteiger partial charge in [0.2, 0.25) is 0 Å². The van der Waals surface area contributed by atoms with E-state index in [0.717, 1.165) is 35.5 Å². The molecule has 0 amide bonds. The van der Waals surface area contributed by atoms with Crippen LogP contribution in [-0.4, -0.2) is 33.3 Å². The third-order valence-corrected chi connectivity index (χ3v) is 6.22. The lowest BCUT2D eigenvalue weighted by atomic mass is 10.1. The second-order valence-electron chi connectivity index (χ2n) is 8.05. The van der Waals surface area contributed by atoms with E-state index in [4.69, 9.17) is 11.6 Å². The van der Waals surface area contributed by atoms with E-state index in [0.29, 0.717) is 10.5 Å². The fourth-order valence-electron chi connectivity index (χ4n) is 4.41. The van der Waals surface area contributed by atoms with Crippen molar-refractivity contribution in [3.8, 4) is 5.69 Å². The first-order valence-corrected chi connectivity index (χ1v) is 11.0. The molecule has 1 saturated heterocycles. The molecule has 3 aromatic carbocycles. The Morgan fingerprint density at radius 3 is 2.34 bits per heavy atom. The molecular formula is C25H22ClN3O3. The topological polar surface area (TPSA) is 67.5 Å². The summed E-state index contributed by atoms with van der Waals surface area (Å²) in [6.07, 6.45) is 2.41. The van der Waals surface area contributed by atoms with E-state index >= 15 is 0 Å². The first-order chi connectivity index (χ1) is 15.5. The van der Waals surface area contributed by atoms with Crippen molar-refractivity contribution in [2.24, 2.45) is 0 Å². The van der Waals surface area contributed by atoms with Gasteiger partial charge in [0.05, 0.1) is 28.8 Å². The number of anilines is 1. The maximum absolute atomic E-state index is 13.5. The van der Waals surface area contributed by atoms with Gasteiger partial charge in [-0.2, -0.15) is 0 Å². The summed E-state index contributed by atoms with van der Waals surface area (Å²) in [6.45, 7) is 2.38. The third kappa shape index (κ3) is 3.67. The van der Waals surface area contributed by atoms with Gasteiger partial charge in [-0.3, -0.25) is 9.13 Å². The van der Waals surface area contributed by atoms with Gasteiger partial charge in [0.25, 0.3) is 0 Å². The van der Waals surface area contributed by atoms with Crippen LogP contribution in [0.25, 0.3) is 16.7 Å². The van der Waals surface area contributed by atoms with Gasteiger partial charge in [0.15, 0.2) is 0 Å². The summed E-state index contributed by atoms with van der Waals surface area (Å²) in [7, 11) is 0. The predicted octanol–water partition coefficient (Wildman–Crippen LogP) is 4.79. The highest BCUT2D eigenvalue weighted by atomic mass is 35.5. The molecule has 1 aromatic heterocycles. The second kappa shape index (κ2) is 8.20. The Labute approximate surface area is 189 Å². The van der Waals surface area contributed by atoms with E-state index in [9.17, 15) is 14.7 Å². The molecule has 32 heavy (non-hydrogen) atoms. The van der Waals surface area contributed by atoms with Crippen LogP contribution in [0.3, 0.4) is 0 Å². The molecule has 162 valence electrons. The summed E-state index contributed by atoms with van der Waals surface area (Å²) >= 11 is 6.27. The number of fused-ring (bicyclic) bond motifs is 1. The molecule has 4 aromatic rings. The predicted molar refractivity (Wildman–Crippen MR) is 126 cm³/mol. The number of aromatic carboxylic acids is 1. The summed E-state index contributed by atoms with van der Waals surface area (Å²) in [5.74, 6) is -0.994. The molecule has 0 saturated carbocycles. The van der Waals surface area contributed by atoms with Crippen molar-refractivity contribution in [1.29, 1.82) is 0 Å². The van der Waals surface area contributed by atoms with E-state index in [1.54, 1.807) is 39.5 Å². The van der Waals surface area contributed by atoms with Gasteiger partial charge >= 0.3 is 11.7 Å². The zero-order valence-corrected chi connectivity index (χ0v) is 18.1. The van der Waals surface area contributed by atoms with Crippen LogP contribution >= 0.6 is 11.6 Å². The molecule has 6 nitrogen and oxygen atoms in total. The van der Waals surface area contributed by atoms with E-state index < -0.39 is 5.97 Å². The summed E-state index contributed by atoms with van der Waals surface area (Å²) in [5.41, 5.74) is 4.12. The molecule has 1 aliphatic rings. The average molecular weight is 448 g/mol. The largest absolute Gasteiger partial charge is 0.478 e. The van der Waals surface area contributed by atoms with Crippen molar-refractivity contribution in [3.63, 3.8) is 0 Å². The van der Waals surface area contributed by atoms with Crippen LogP contribution < -0.4 is 10.6 Å². The number of hydrogen-bond acceptors (Lipinski definition) is 3. The first kappa shape index (κ1) is 20.4. The Bertz CT molecular complexity index is 1370. The van der Waals surface area contributed by atoms with Crippen LogP contribution in [0, 0.1) is 0 Å². The van der Waals surface area contributed by atoms with E-state index in [2.05, 4.69) is 17.0 Å². The molecular weight excluding hydrogens is 426 g/mol. The minimum Gasteiger partial charge on any atom is -0.478 e. The highest BCUT2D eigenvalue weighted by Crippen LogP contribution is 2.25. The Morgan fingerprint density at radius 2 is 1.62 bits per heavy atom. The molecule has 1 fully saturated rings. The monoisotopic (exact) mass is 447 g/mol. The second-order valence-corrected chi connectivity index (χ2v) is 8.49. The highest BCUT2D eigenvalue weighted by Gasteiger charge is 2.17. The van der Waals surface area contributed by atoms with Crippen LogP contribution in [0.4, 0.5) is 5.69 Å². The summed E-state index contributed by atoms with van der Waals surface area (Å²) in [5, 5.41) is 9.84. The van der Waals surface area contributed by atoms with Crippen molar-refractivity contribution in [2.45, 2.75) is 19.4 Å². The van der Waals surface area contributed by atoms with Crippen molar-refractivity contribution >= 4 is 34.3 Å². The first-order valence-electron chi connectivity index (χ1n) is 10.6. The van der Waals surface area contributed by atoms with E-state index in [-0.39, 0.29) is 17.8 Å². The fourth-order valence-corrected chi connectivity index (χ4v) is 4.57. The highest BCUT2D eigenvalue weighted by molar-refractivity contribution is 6.31. The molecule has 0 atom stereocenters. The fraction of sp³-hybridized carbons (Fsp3) is 0.200. The van der Waals surface area contributed by atoms with Gasteiger partial charge in [-0.25, -0.2) is 9.59 Å². The van der Waals surface area contributed by atoms with Crippen molar-refractivity contribution < 1.29 is 9.90 Å². The number of imidazole rings is 1. The number of hydrogen-bond donors (Lipinski definition) is 1. The van der Waals surface area contributed by atoms with Crippen molar-refractivity contribution in [2.75, 3.05) is 18.0 Å². The smallest absolute Gasteiger partial charge is 0.335 e. The van der Waals surface area contributed by atoms with Crippen LogP contribution in [-0.2, 0) is 6.54 Å². The number of carboxylic acids is 1. The minimum atomic E-state index is -0.994. The lowest BCUT2D eigenvalue weighted by Crippen LogP contribution is -2.24. The van der Waals surface area contributed by atoms with Gasteiger partial charge in [0.1, 0.15) is 0 Å². The van der Waals surface area contributed by atoms with Crippen LogP contribution in [0.1, 0.15) is 28.8 Å². The molecule has 1 aliphatic heterocycles. The molecule has 5 rings (SSSR count). The molecule has 1 N–H and O–H groups in total. The molecule has 7 heteroatoms. The van der Waals surface area contributed by atoms with Gasteiger partial charge in [-0.1, -0.05) is 23.7 Å². The zero-order chi connectivity index (χ0) is 22.2. The Kier molecular flexibility index (Phi) is 5.23. The van der Waals surface area contributed by atoms with Gasteiger partial charge < -0.3 is 10.0 Å². The van der Waals surface area contributed by atoms with Crippen molar-refractivity contribution in [3.05, 3.63) is 93.4 Å². The lowest BCUT2D eigenvalue weighted by molar-refractivity contribution is 0.0696. The normalized spacial score (nSPS) is 13.7. The Morgan fingerprint density at radius 1 is 0.906 bits per heavy atom. The van der Waals surface area contributed by atoms with Crippen LogP contribution in [0.15, 0.2) is 71.5 Å². The van der Waals surface area contributed by atoms with Gasteiger partial charge in [-0.15, -0.1) is 0 Å². The van der Waals surface area contributed by atoms with Crippen LogP contribution in [0.2, 0.25) is 5.02 Å². The van der Waals surface area contributed by atoms with Crippen LogP contribution in [0.5, 0.6) is 0 Å². The lowest BCUT2D eigenvalue weighted by Gasteiger charge is -2.17. The summed E-state index contributed by atoms with van der Waals surface area (Å²) in [4.78, 5) is 27.2. The molecule has 0 unspecified atom stereocenters. The molecule has 0 aliphatic carbocycles. The quantitative estimate of drug-likeness (QED) is 0.477. The molecule has 2 heterocycles. The number of nitrogens with zero attached hydrogens (tertiary/aromatic N) is 3. The Balaban J connectivity index is 1.60. The maximum Gasteiger partial charge on any atom is 0.335 e. The van der Waals surface area contributed by atoms with E-state index in [1.165, 1.54) is 12.8 Å². The number of benzene rings is 3. The minimum absolute atomic E-state index is 0.194. The molecule has 0 bridgehead atoms. The maximum atomic E-state index is 13.5. The number of halogens is 1. The number of carbonyl (C=O) groups is 1. The Hall–Kier alpha value is -3.51. The molecule has 0 spiro atoms. The zero-order valence-electron chi connectivity index (χ0n) is 17.4. The SMILES string of the molecule is O=C(O)c1cccc(Cn2c(=O)n(-c3ccc(N4CCCC4)cc3)c3cc(Cl)ccc32)c1. The average Bonchev–Trinajstić information content (AvgIpc) is 3.41. The number of carboxylic acid groups (broad SMARTS) is 1. The third-order valence-electron chi connectivity index (χ3n) is 5.99. The van der Waals surface area contributed by atoms with Crippen molar-refractivity contribution in [1.82, 2.24) is 9.13 Å².